The second-order valence-electron chi connectivity index (χ2n) is 4.10. The quantitative estimate of drug-likeness (QED) is 0.509. The summed E-state index contributed by atoms with van der Waals surface area (Å²) in [5, 5.41) is 1.43. The molecule has 3 amide bonds. The van der Waals surface area contributed by atoms with Gasteiger partial charge in [0.1, 0.15) is 11.0 Å². The van der Waals surface area contributed by atoms with E-state index in [2.05, 4.69) is 9.98 Å². The molecule has 0 saturated heterocycles. The predicted molar refractivity (Wildman–Crippen MR) is 80.6 cm³/mol. The lowest BCUT2D eigenvalue weighted by Crippen LogP contribution is -2.28. The Labute approximate surface area is 139 Å². The minimum Gasteiger partial charge on any atom is -0.271 e. The van der Waals surface area contributed by atoms with Crippen molar-refractivity contribution in [2.75, 3.05) is 0 Å². The van der Waals surface area contributed by atoms with Crippen molar-refractivity contribution in [1.29, 1.82) is 0 Å². The van der Waals surface area contributed by atoms with Crippen LogP contribution in [0.25, 0.3) is 11.3 Å². The van der Waals surface area contributed by atoms with E-state index in [1.54, 1.807) is 11.4 Å². The van der Waals surface area contributed by atoms with E-state index in [4.69, 9.17) is 23.2 Å². The molecular formula is C14H6Cl2FN3O3. The summed E-state index contributed by atoms with van der Waals surface area (Å²) in [5.74, 6) is -1.53. The lowest BCUT2D eigenvalue weighted by Gasteiger charge is -2.09. The number of aromatic nitrogens is 1. The maximum atomic E-state index is 13.8. The highest BCUT2D eigenvalue weighted by atomic mass is 35.5. The van der Waals surface area contributed by atoms with E-state index >= 15 is 0 Å². The number of carbonyl (C=O) groups is 2. The molecule has 0 radical (unpaired) electrons. The molecule has 1 heterocycles. The summed E-state index contributed by atoms with van der Waals surface area (Å²) in [5.41, 5.74) is -0.0808. The van der Waals surface area contributed by atoms with E-state index in [0.29, 0.717) is 0 Å². The monoisotopic (exact) mass is 353 g/mol. The number of urea groups is 1. The number of benzene rings is 1. The number of nitrogens with one attached hydrogen (secondary N) is 1. The minimum atomic E-state index is -1.21. The first-order chi connectivity index (χ1) is 10.9. The summed E-state index contributed by atoms with van der Waals surface area (Å²) in [6, 6.07) is 5.66. The number of carbonyl (C=O) groups excluding carboxylic acids is 3. The fraction of sp³-hybridized carbons (Fsp3) is 0. The molecule has 2 aromatic rings. The first-order valence-electron chi connectivity index (χ1n) is 5.98. The second-order valence-corrected chi connectivity index (χ2v) is 4.86. The van der Waals surface area contributed by atoms with Crippen molar-refractivity contribution in [2.45, 2.75) is 0 Å². The SMILES string of the molecule is O=C=NC(=O)NC(=O)c1cc(Cl)c(-c2ccccc2F)nc1Cl. The minimum absolute atomic E-state index is 0.0450. The molecule has 116 valence electrons. The number of imide groups is 1. The molecule has 2 rings (SSSR count). The van der Waals surface area contributed by atoms with Crippen LogP contribution in [0.2, 0.25) is 10.2 Å². The summed E-state index contributed by atoms with van der Waals surface area (Å²) >= 11 is 11.9. The lowest BCUT2D eigenvalue weighted by atomic mass is 10.1. The van der Waals surface area contributed by atoms with Gasteiger partial charge in [0.15, 0.2) is 0 Å². The molecule has 9 heteroatoms. The van der Waals surface area contributed by atoms with Crippen LogP contribution in [0.3, 0.4) is 0 Å². The molecule has 0 saturated carbocycles. The average Bonchev–Trinajstić information content (AvgIpc) is 2.50. The van der Waals surface area contributed by atoms with E-state index in [0.717, 1.165) is 12.1 Å². The molecule has 0 spiro atoms. The number of hydrogen-bond donors (Lipinski definition) is 1. The smallest absolute Gasteiger partial charge is 0.271 e. The van der Waals surface area contributed by atoms with Crippen LogP contribution < -0.4 is 5.32 Å². The number of hydrogen-bond acceptors (Lipinski definition) is 4. The summed E-state index contributed by atoms with van der Waals surface area (Å²) < 4.78 is 13.8. The van der Waals surface area contributed by atoms with Crippen molar-refractivity contribution < 1.29 is 18.8 Å². The molecule has 1 N–H and O–H groups in total. The lowest BCUT2D eigenvalue weighted by molar-refractivity contribution is 0.0966. The van der Waals surface area contributed by atoms with Crippen molar-refractivity contribution in [3.63, 3.8) is 0 Å². The molecule has 0 aliphatic rings. The fourth-order valence-corrected chi connectivity index (χ4v) is 2.18. The number of pyridine rings is 1. The van der Waals surface area contributed by atoms with Crippen LogP contribution in [0.5, 0.6) is 0 Å². The standard InChI is InChI=1S/C14H6Cl2FN3O3/c15-9-5-8(13(22)20-14(23)18-6-21)12(16)19-11(9)7-3-1-2-4-10(7)17/h1-5H,(H,20,22,23). The van der Waals surface area contributed by atoms with Gasteiger partial charge in [0, 0.05) is 5.56 Å². The van der Waals surface area contributed by atoms with E-state index in [1.807, 2.05) is 0 Å². The van der Waals surface area contributed by atoms with Gasteiger partial charge < -0.3 is 0 Å². The van der Waals surface area contributed by atoms with E-state index in [1.165, 1.54) is 18.2 Å². The van der Waals surface area contributed by atoms with Gasteiger partial charge in [-0.2, -0.15) is 0 Å². The third-order valence-electron chi connectivity index (χ3n) is 2.67. The van der Waals surface area contributed by atoms with Crippen LogP contribution in [0.4, 0.5) is 9.18 Å². The number of halogens is 3. The van der Waals surface area contributed by atoms with Gasteiger partial charge in [0.05, 0.1) is 16.3 Å². The predicted octanol–water partition coefficient (Wildman–Crippen LogP) is 3.38. The Morgan fingerprint density at radius 2 is 1.96 bits per heavy atom. The van der Waals surface area contributed by atoms with Crippen molar-refractivity contribution in [3.05, 3.63) is 51.9 Å². The van der Waals surface area contributed by atoms with Crippen molar-refractivity contribution >= 4 is 41.2 Å². The maximum Gasteiger partial charge on any atom is 0.358 e. The van der Waals surface area contributed by atoms with Gasteiger partial charge in [-0.25, -0.2) is 19.0 Å². The highest BCUT2D eigenvalue weighted by molar-refractivity contribution is 6.36. The van der Waals surface area contributed by atoms with E-state index in [-0.39, 0.29) is 27.0 Å². The Kier molecular flexibility index (Phi) is 5.18. The van der Waals surface area contributed by atoms with Crippen LogP contribution in [0.15, 0.2) is 35.3 Å². The molecule has 0 aliphatic heterocycles. The van der Waals surface area contributed by atoms with Crippen molar-refractivity contribution in [3.8, 4) is 11.3 Å². The maximum absolute atomic E-state index is 13.8. The van der Waals surface area contributed by atoms with E-state index < -0.39 is 17.8 Å². The number of isocyanates is 1. The first-order valence-corrected chi connectivity index (χ1v) is 6.73. The Morgan fingerprint density at radius 1 is 1.26 bits per heavy atom. The highest BCUT2D eigenvalue weighted by Crippen LogP contribution is 2.31. The largest absolute Gasteiger partial charge is 0.358 e. The van der Waals surface area contributed by atoms with Crippen LogP contribution in [-0.4, -0.2) is 23.0 Å². The van der Waals surface area contributed by atoms with Gasteiger partial charge in [0.2, 0.25) is 6.08 Å². The Morgan fingerprint density at radius 3 is 2.61 bits per heavy atom. The number of rotatable bonds is 2. The summed E-state index contributed by atoms with van der Waals surface area (Å²) in [4.78, 5) is 39.4. The third kappa shape index (κ3) is 3.78. The first kappa shape index (κ1) is 16.8. The molecule has 0 unspecified atom stereocenters. The molecule has 1 aromatic heterocycles. The number of amides is 3. The zero-order valence-electron chi connectivity index (χ0n) is 11.1. The molecular weight excluding hydrogens is 348 g/mol. The third-order valence-corrected chi connectivity index (χ3v) is 3.25. The molecule has 0 aliphatic carbocycles. The molecule has 23 heavy (non-hydrogen) atoms. The van der Waals surface area contributed by atoms with Gasteiger partial charge in [-0.05, 0) is 18.2 Å². The van der Waals surface area contributed by atoms with Crippen molar-refractivity contribution in [1.82, 2.24) is 10.3 Å². The normalized spacial score (nSPS) is 9.87. The van der Waals surface area contributed by atoms with Gasteiger partial charge in [-0.3, -0.25) is 10.1 Å². The van der Waals surface area contributed by atoms with Crippen LogP contribution >= 0.6 is 23.2 Å². The second kappa shape index (κ2) is 7.11. The molecule has 0 fully saturated rings. The van der Waals surface area contributed by atoms with Crippen LogP contribution in [0, 0.1) is 5.82 Å². The molecule has 6 nitrogen and oxygen atoms in total. The molecule has 1 aromatic carbocycles. The average molecular weight is 354 g/mol. The highest BCUT2D eigenvalue weighted by Gasteiger charge is 2.19. The van der Waals surface area contributed by atoms with E-state index in [9.17, 15) is 18.8 Å². The van der Waals surface area contributed by atoms with Crippen molar-refractivity contribution in [2.24, 2.45) is 4.99 Å². The summed E-state index contributed by atoms with van der Waals surface area (Å²) in [7, 11) is 0. The topological polar surface area (TPSA) is 88.5 Å². The van der Waals surface area contributed by atoms with Gasteiger partial charge in [0.25, 0.3) is 5.91 Å². The summed E-state index contributed by atoms with van der Waals surface area (Å²) in [6.07, 6.45) is 0.982. The molecule has 0 bridgehead atoms. The van der Waals surface area contributed by atoms with Gasteiger partial charge in [-0.1, -0.05) is 35.3 Å². The number of nitrogens with zero attached hydrogens (tertiary/aromatic N) is 2. The van der Waals surface area contributed by atoms with Gasteiger partial charge in [-0.15, -0.1) is 4.99 Å². The zero-order chi connectivity index (χ0) is 17.0. The Hall–Kier alpha value is -2.60. The Bertz CT molecular complexity index is 851. The fourth-order valence-electron chi connectivity index (χ4n) is 1.70. The Balaban J connectivity index is 2.42. The summed E-state index contributed by atoms with van der Waals surface area (Å²) in [6.45, 7) is 0. The number of aliphatic imine (C=N–C) groups is 1. The van der Waals surface area contributed by atoms with Gasteiger partial charge >= 0.3 is 6.03 Å². The molecule has 0 atom stereocenters. The zero-order valence-corrected chi connectivity index (χ0v) is 12.7. The van der Waals surface area contributed by atoms with Crippen LogP contribution in [-0.2, 0) is 4.79 Å². The van der Waals surface area contributed by atoms with Crippen LogP contribution in [0.1, 0.15) is 10.4 Å².